The monoisotopic (exact) mass is 152 g/mol. The van der Waals surface area contributed by atoms with Gasteiger partial charge in [0.1, 0.15) is 0 Å². The van der Waals surface area contributed by atoms with E-state index in [0.29, 0.717) is 5.56 Å². The molecule has 0 bridgehead atoms. The van der Waals surface area contributed by atoms with Crippen LogP contribution in [0, 0.1) is 6.92 Å². The van der Waals surface area contributed by atoms with Gasteiger partial charge < -0.3 is 0 Å². The van der Waals surface area contributed by atoms with Crippen LogP contribution in [0.5, 0.6) is 0 Å². The fourth-order valence-corrected chi connectivity index (χ4v) is 0.667. The third kappa shape index (κ3) is 1.52. The molecule has 0 unspecified atom stereocenters. The highest BCUT2D eigenvalue weighted by Gasteiger charge is 1.92. The number of aryl methyl sites for hydroxylation is 1. The van der Waals surface area contributed by atoms with Gasteiger partial charge in [0.05, 0.1) is 0 Å². The summed E-state index contributed by atoms with van der Waals surface area (Å²) >= 11 is 0. The lowest BCUT2D eigenvalue weighted by molar-refractivity contribution is 0.796. The van der Waals surface area contributed by atoms with Gasteiger partial charge in [-0.15, -0.1) is 0 Å². The van der Waals surface area contributed by atoms with Crippen LogP contribution in [0.25, 0.3) is 0 Å². The molecule has 0 amide bonds. The second-order valence-corrected chi connectivity index (χ2v) is 2.33. The maximum Gasteiger partial charge on any atom is 0.350 e. The van der Waals surface area contributed by atoms with Crippen molar-refractivity contribution >= 4 is 0 Å². The first-order chi connectivity index (χ1) is 5.11. The minimum atomic E-state index is -0.525. The van der Waals surface area contributed by atoms with E-state index >= 15 is 0 Å². The first-order valence-corrected chi connectivity index (χ1v) is 3.15. The van der Waals surface area contributed by atoms with Crippen LogP contribution in [0.4, 0.5) is 0 Å². The Hall–Kier alpha value is -1.45. The molecular weight excluding hydrogens is 144 g/mol. The lowest BCUT2D eigenvalue weighted by atomic mass is 10.4. The zero-order chi connectivity index (χ0) is 8.43. The average Bonchev–Trinajstić information content (AvgIpc) is 2.05. The van der Waals surface area contributed by atoms with Crippen LogP contribution >= 0.6 is 0 Å². The molecule has 4 nitrogen and oxygen atoms in total. The van der Waals surface area contributed by atoms with Crippen molar-refractivity contribution in [2.24, 2.45) is 7.05 Å². The van der Waals surface area contributed by atoms with Crippen LogP contribution in [-0.2, 0) is 7.05 Å². The summed E-state index contributed by atoms with van der Waals surface area (Å²) in [6, 6.07) is 1.37. The van der Waals surface area contributed by atoms with E-state index in [1.165, 1.54) is 19.3 Å². The Morgan fingerprint density at radius 2 is 2.09 bits per heavy atom. The van der Waals surface area contributed by atoms with Crippen LogP contribution in [0.1, 0.15) is 5.56 Å². The van der Waals surface area contributed by atoms with E-state index in [0.717, 1.165) is 4.57 Å². The van der Waals surface area contributed by atoms with Crippen molar-refractivity contribution in [3.63, 3.8) is 0 Å². The molecule has 0 saturated carbocycles. The zero-order valence-corrected chi connectivity index (χ0v) is 6.37. The molecule has 0 saturated heterocycles. The minimum absolute atomic E-state index is 0.329. The van der Waals surface area contributed by atoms with E-state index < -0.39 is 5.69 Å². The zero-order valence-electron chi connectivity index (χ0n) is 6.37. The van der Waals surface area contributed by atoms with Crippen LogP contribution in [0.15, 0.2) is 21.9 Å². The first kappa shape index (κ1) is 7.65. The van der Waals surface area contributed by atoms with E-state index in [4.69, 9.17) is 0 Å². The molecule has 11 heavy (non-hydrogen) atoms. The molecular formula is C7H8N2O2. The Balaban J connectivity index is 3.71. The van der Waals surface area contributed by atoms with Gasteiger partial charge in [0.15, 0.2) is 0 Å². The highest BCUT2D eigenvalue weighted by Crippen LogP contribution is 1.81. The van der Waals surface area contributed by atoms with E-state index in [2.05, 4.69) is 4.98 Å². The van der Waals surface area contributed by atoms with Crippen LogP contribution < -0.4 is 11.2 Å². The van der Waals surface area contributed by atoms with Crippen molar-refractivity contribution in [3.05, 3.63) is 38.7 Å². The molecule has 0 spiro atoms. The molecule has 0 radical (unpaired) electrons. The van der Waals surface area contributed by atoms with E-state index in [-0.39, 0.29) is 5.56 Å². The maximum absolute atomic E-state index is 11.0. The van der Waals surface area contributed by atoms with Crippen molar-refractivity contribution in [2.75, 3.05) is 0 Å². The van der Waals surface area contributed by atoms with Crippen LogP contribution in [0.3, 0.4) is 0 Å². The van der Waals surface area contributed by atoms with Crippen LogP contribution in [-0.4, -0.2) is 9.55 Å². The standard InChI is InChI=1S/C7H8N2O2/c1-5-3-6(10)9(2)7(11)8-4-5/h3-4H,1-2H3. The Morgan fingerprint density at radius 1 is 1.45 bits per heavy atom. The van der Waals surface area contributed by atoms with Crippen molar-refractivity contribution in [1.29, 1.82) is 0 Å². The summed E-state index contributed by atoms with van der Waals surface area (Å²) in [4.78, 5) is 25.3. The summed E-state index contributed by atoms with van der Waals surface area (Å²) in [7, 11) is 1.40. The lowest BCUT2D eigenvalue weighted by Gasteiger charge is -1.81. The Labute approximate surface area is 63.1 Å². The molecule has 0 N–H and O–H groups in total. The molecule has 58 valence electrons. The summed E-state index contributed by atoms with van der Waals surface area (Å²) in [5, 5.41) is 0. The molecule has 0 fully saturated rings. The number of nitrogens with zero attached hydrogens (tertiary/aromatic N) is 2. The predicted molar refractivity (Wildman–Crippen MR) is 40.5 cm³/mol. The smallest absolute Gasteiger partial charge is 0.269 e. The molecule has 0 aromatic carbocycles. The molecule has 0 atom stereocenters. The predicted octanol–water partition coefficient (Wildman–Crippen LogP) is -0.551. The number of hydrogen-bond donors (Lipinski definition) is 0. The van der Waals surface area contributed by atoms with Crippen molar-refractivity contribution < 1.29 is 0 Å². The average molecular weight is 152 g/mol. The number of rotatable bonds is 0. The quantitative estimate of drug-likeness (QED) is 0.501. The highest BCUT2D eigenvalue weighted by atomic mass is 16.2. The van der Waals surface area contributed by atoms with E-state index in [9.17, 15) is 9.59 Å². The van der Waals surface area contributed by atoms with Gasteiger partial charge in [0.25, 0.3) is 5.56 Å². The van der Waals surface area contributed by atoms with Gasteiger partial charge in [-0.1, -0.05) is 0 Å². The second-order valence-electron chi connectivity index (χ2n) is 2.33. The van der Waals surface area contributed by atoms with Gasteiger partial charge in [-0.05, 0) is 12.5 Å². The normalized spacial score (nSPS) is 9.64. The Bertz CT molecular complexity index is 381. The van der Waals surface area contributed by atoms with Gasteiger partial charge >= 0.3 is 5.69 Å². The van der Waals surface area contributed by atoms with Crippen molar-refractivity contribution in [3.8, 4) is 0 Å². The SMILES string of the molecule is Cc1cnc(=O)n(C)c(=O)c1. The van der Waals surface area contributed by atoms with Crippen molar-refractivity contribution in [2.45, 2.75) is 6.92 Å². The fraction of sp³-hybridized carbons (Fsp3) is 0.286. The lowest BCUT2D eigenvalue weighted by Crippen LogP contribution is -2.27. The van der Waals surface area contributed by atoms with E-state index in [1.54, 1.807) is 6.92 Å². The van der Waals surface area contributed by atoms with Gasteiger partial charge in [0, 0.05) is 19.3 Å². The second kappa shape index (κ2) is 2.65. The molecule has 1 aromatic rings. The topological polar surface area (TPSA) is 52.0 Å². The summed E-state index contributed by atoms with van der Waals surface area (Å²) in [6.45, 7) is 1.72. The van der Waals surface area contributed by atoms with E-state index in [1.807, 2.05) is 0 Å². The Kier molecular flexibility index (Phi) is 1.85. The number of hydrogen-bond acceptors (Lipinski definition) is 3. The molecule has 4 heteroatoms. The van der Waals surface area contributed by atoms with Crippen LogP contribution in [0.2, 0.25) is 0 Å². The summed E-state index contributed by atoms with van der Waals surface area (Å²) in [5.41, 5.74) is -0.166. The number of aromatic nitrogens is 2. The minimum Gasteiger partial charge on any atom is -0.269 e. The molecule has 1 aromatic heterocycles. The first-order valence-electron chi connectivity index (χ1n) is 3.15. The fourth-order valence-electron chi connectivity index (χ4n) is 0.667. The largest absolute Gasteiger partial charge is 0.350 e. The van der Waals surface area contributed by atoms with Gasteiger partial charge in [-0.3, -0.25) is 9.36 Å². The molecule has 0 aliphatic rings. The van der Waals surface area contributed by atoms with Gasteiger partial charge in [0.2, 0.25) is 0 Å². The van der Waals surface area contributed by atoms with Gasteiger partial charge in [-0.25, -0.2) is 9.78 Å². The molecule has 0 aliphatic heterocycles. The third-order valence-corrected chi connectivity index (χ3v) is 1.35. The summed E-state index contributed by atoms with van der Waals surface area (Å²) in [5.74, 6) is 0. The summed E-state index contributed by atoms with van der Waals surface area (Å²) < 4.78 is 0.965. The molecule has 0 aliphatic carbocycles. The highest BCUT2D eigenvalue weighted by molar-refractivity contribution is 5.02. The Morgan fingerprint density at radius 3 is 2.73 bits per heavy atom. The summed E-state index contributed by atoms with van der Waals surface area (Å²) in [6.07, 6.45) is 1.38. The van der Waals surface area contributed by atoms with Crippen molar-refractivity contribution in [1.82, 2.24) is 9.55 Å². The van der Waals surface area contributed by atoms with Gasteiger partial charge in [-0.2, -0.15) is 0 Å². The molecule has 1 heterocycles. The maximum atomic E-state index is 11.0. The third-order valence-electron chi connectivity index (χ3n) is 1.35. The molecule has 1 rings (SSSR count).